The number of phenols is 1. The number of rotatable bonds is 3. The van der Waals surface area contributed by atoms with Gasteiger partial charge in [-0.15, -0.1) is 0 Å². The average molecular weight is 392 g/mol. The Labute approximate surface area is 166 Å². The molecule has 1 fully saturated rings. The second kappa shape index (κ2) is 6.62. The van der Waals surface area contributed by atoms with Gasteiger partial charge >= 0.3 is 0 Å². The number of halogens is 1. The summed E-state index contributed by atoms with van der Waals surface area (Å²) < 4.78 is 1.75. The Bertz CT molecular complexity index is 1280. The molecule has 2 N–H and O–H groups in total. The van der Waals surface area contributed by atoms with Crippen LogP contribution >= 0.6 is 11.6 Å². The van der Waals surface area contributed by atoms with Crippen molar-refractivity contribution in [3.8, 4) is 16.9 Å². The molecule has 140 valence electrons. The van der Waals surface area contributed by atoms with Gasteiger partial charge in [0, 0.05) is 31.1 Å². The number of hydrogen-bond donors (Lipinski definition) is 2. The largest absolute Gasteiger partial charge is 0.508 e. The number of phenolic OH excluding ortho intramolecular Hbond substituents is 1. The average Bonchev–Trinajstić information content (AvgIpc) is 2.65. The molecule has 0 amide bonds. The standard InChI is InChI=1S/C22H18ClN3O2/c23-19-8-21-20(25-11-22(28)26(21)12-13-9-24-10-13)7-18(19)17-6-15(27)5-14-3-1-2-4-16(14)17/h1-8,11,13,24,27H,9-10,12H2. The molecule has 0 aliphatic carbocycles. The summed E-state index contributed by atoms with van der Waals surface area (Å²) in [5.74, 6) is 0.622. The smallest absolute Gasteiger partial charge is 0.269 e. The summed E-state index contributed by atoms with van der Waals surface area (Å²) in [4.78, 5) is 16.8. The predicted molar refractivity (Wildman–Crippen MR) is 112 cm³/mol. The Morgan fingerprint density at radius 2 is 1.96 bits per heavy atom. The summed E-state index contributed by atoms with van der Waals surface area (Å²) >= 11 is 6.66. The van der Waals surface area contributed by atoms with E-state index in [1.54, 1.807) is 16.7 Å². The summed E-state index contributed by atoms with van der Waals surface area (Å²) in [5.41, 5.74) is 2.94. The van der Waals surface area contributed by atoms with Crippen LogP contribution in [0.1, 0.15) is 0 Å². The fourth-order valence-electron chi connectivity index (χ4n) is 3.83. The van der Waals surface area contributed by atoms with Crippen LogP contribution in [-0.4, -0.2) is 27.7 Å². The number of aromatic nitrogens is 2. The molecule has 0 spiro atoms. The SMILES string of the molecule is O=c1cnc2cc(-c3cc(O)cc4ccccc34)c(Cl)cc2n1CC1CNC1. The molecular formula is C22H18ClN3O2. The lowest BCUT2D eigenvalue weighted by Crippen LogP contribution is -2.45. The summed E-state index contributed by atoms with van der Waals surface area (Å²) in [6.07, 6.45) is 1.37. The highest BCUT2D eigenvalue weighted by Gasteiger charge is 2.20. The fraction of sp³-hybridized carbons (Fsp3) is 0.182. The van der Waals surface area contributed by atoms with E-state index in [-0.39, 0.29) is 11.3 Å². The van der Waals surface area contributed by atoms with Crippen LogP contribution in [0.15, 0.2) is 59.5 Å². The zero-order valence-electron chi connectivity index (χ0n) is 15.0. The van der Waals surface area contributed by atoms with E-state index in [1.165, 1.54) is 6.20 Å². The predicted octanol–water partition coefficient (Wildman–Crippen LogP) is 3.80. The highest BCUT2D eigenvalue weighted by molar-refractivity contribution is 6.34. The Kier molecular flexibility index (Phi) is 4.07. The summed E-state index contributed by atoms with van der Waals surface area (Å²) in [7, 11) is 0. The molecule has 2 heterocycles. The van der Waals surface area contributed by atoms with Crippen molar-refractivity contribution in [3.05, 3.63) is 70.1 Å². The van der Waals surface area contributed by atoms with Gasteiger partial charge in [-0.25, -0.2) is 4.98 Å². The maximum atomic E-state index is 12.4. The van der Waals surface area contributed by atoms with Crippen molar-refractivity contribution in [3.63, 3.8) is 0 Å². The number of nitrogens with one attached hydrogen (secondary N) is 1. The van der Waals surface area contributed by atoms with Crippen molar-refractivity contribution >= 4 is 33.4 Å². The van der Waals surface area contributed by atoms with Crippen molar-refractivity contribution in [2.24, 2.45) is 5.92 Å². The highest BCUT2D eigenvalue weighted by Crippen LogP contribution is 2.38. The molecule has 5 nitrogen and oxygen atoms in total. The normalized spacial score (nSPS) is 14.5. The van der Waals surface area contributed by atoms with E-state index in [2.05, 4.69) is 10.3 Å². The van der Waals surface area contributed by atoms with Gasteiger partial charge in [0.1, 0.15) is 5.75 Å². The Balaban J connectivity index is 1.73. The summed E-state index contributed by atoms with van der Waals surface area (Å²) in [6.45, 7) is 2.48. The molecule has 1 aliphatic rings. The third-order valence-corrected chi connectivity index (χ3v) is 5.69. The minimum Gasteiger partial charge on any atom is -0.508 e. The molecule has 0 atom stereocenters. The Hall–Kier alpha value is -2.89. The number of fused-ring (bicyclic) bond motifs is 2. The Morgan fingerprint density at radius 1 is 1.14 bits per heavy atom. The minimum atomic E-state index is -0.119. The molecule has 1 aromatic heterocycles. The van der Waals surface area contributed by atoms with Crippen LogP contribution in [-0.2, 0) is 6.54 Å². The van der Waals surface area contributed by atoms with Gasteiger partial charge in [-0.2, -0.15) is 0 Å². The lowest BCUT2D eigenvalue weighted by Gasteiger charge is -2.28. The zero-order chi connectivity index (χ0) is 19.3. The molecule has 0 saturated carbocycles. The first kappa shape index (κ1) is 17.2. The van der Waals surface area contributed by atoms with E-state index >= 15 is 0 Å². The maximum Gasteiger partial charge on any atom is 0.269 e. The number of aromatic hydroxyl groups is 1. The lowest BCUT2D eigenvalue weighted by atomic mass is 9.97. The number of benzene rings is 3. The summed E-state index contributed by atoms with van der Waals surface area (Å²) in [5, 5.41) is 15.9. The molecule has 0 radical (unpaired) electrons. The van der Waals surface area contributed by atoms with Crippen LogP contribution in [0.3, 0.4) is 0 Å². The fourth-order valence-corrected chi connectivity index (χ4v) is 4.09. The first-order valence-corrected chi connectivity index (χ1v) is 9.60. The second-order valence-electron chi connectivity index (χ2n) is 7.27. The molecule has 4 aromatic rings. The third-order valence-electron chi connectivity index (χ3n) is 5.38. The maximum absolute atomic E-state index is 12.4. The summed E-state index contributed by atoms with van der Waals surface area (Å²) in [6, 6.07) is 15.0. The molecule has 1 saturated heterocycles. The zero-order valence-corrected chi connectivity index (χ0v) is 15.8. The van der Waals surface area contributed by atoms with E-state index in [0.29, 0.717) is 23.0 Å². The van der Waals surface area contributed by atoms with Gasteiger partial charge < -0.3 is 15.0 Å². The first-order valence-electron chi connectivity index (χ1n) is 9.22. The van der Waals surface area contributed by atoms with Gasteiger partial charge in [-0.05, 0) is 40.6 Å². The van der Waals surface area contributed by atoms with E-state index in [1.807, 2.05) is 36.4 Å². The van der Waals surface area contributed by atoms with Gasteiger partial charge in [0.2, 0.25) is 0 Å². The lowest BCUT2D eigenvalue weighted by molar-refractivity contribution is 0.307. The van der Waals surface area contributed by atoms with Gasteiger partial charge in [0.05, 0.1) is 22.3 Å². The van der Waals surface area contributed by atoms with Crippen LogP contribution in [0.25, 0.3) is 32.9 Å². The van der Waals surface area contributed by atoms with Crippen LogP contribution < -0.4 is 10.9 Å². The quantitative estimate of drug-likeness (QED) is 0.557. The first-order chi connectivity index (χ1) is 13.6. The third kappa shape index (κ3) is 2.84. The molecule has 0 bridgehead atoms. The second-order valence-corrected chi connectivity index (χ2v) is 7.67. The van der Waals surface area contributed by atoms with Crippen LogP contribution in [0, 0.1) is 5.92 Å². The van der Waals surface area contributed by atoms with Crippen LogP contribution in [0.4, 0.5) is 0 Å². The molecule has 3 aromatic carbocycles. The van der Waals surface area contributed by atoms with Gasteiger partial charge in [-0.3, -0.25) is 4.79 Å². The minimum absolute atomic E-state index is 0.119. The molecular weight excluding hydrogens is 374 g/mol. The van der Waals surface area contributed by atoms with Crippen molar-refractivity contribution in [1.82, 2.24) is 14.9 Å². The number of nitrogens with zero attached hydrogens (tertiary/aromatic N) is 2. The number of hydrogen-bond acceptors (Lipinski definition) is 4. The van der Waals surface area contributed by atoms with E-state index in [4.69, 9.17) is 11.6 Å². The topological polar surface area (TPSA) is 67.1 Å². The van der Waals surface area contributed by atoms with Gasteiger partial charge in [-0.1, -0.05) is 35.9 Å². The van der Waals surface area contributed by atoms with Gasteiger partial charge in [0.25, 0.3) is 5.56 Å². The van der Waals surface area contributed by atoms with Crippen molar-refractivity contribution in [1.29, 1.82) is 0 Å². The molecule has 6 heteroatoms. The molecule has 1 aliphatic heterocycles. The van der Waals surface area contributed by atoms with Crippen LogP contribution in [0.5, 0.6) is 5.75 Å². The molecule has 0 unspecified atom stereocenters. The van der Waals surface area contributed by atoms with E-state index in [0.717, 1.165) is 40.5 Å². The Morgan fingerprint density at radius 3 is 2.75 bits per heavy atom. The van der Waals surface area contributed by atoms with Crippen LogP contribution in [0.2, 0.25) is 5.02 Å². The van der Waals surface area contributed by atoms with Crippen molar-refractivity contribution in [2.45, 2.75) is 6.54 Å². The monoisotopic (exact) mass is 391 g/mol. The van der Waals surface area contributed by atoms with E-state index < -0.39 is 0 Å². The molecule has 5 rings (SSSR count). The van der Waals surface area contributed by atoms with Gasteiger partial charge in [0.15, 0.2) is 0 Å². The highest BCUT2D eigenvalue weighted by atomic mass is 35.5. The van der Waals surface area contributed by atoms with Crippen molar-refractivity contribution in [2.75, 3.05) is 13.1 Å². The van der Waals surface area contributed by atoms with E-state index in [9.17, 15) is 9.90 Å². The molecule has 28 heavy (non-hydrogen) atoms. The van der Waals surface area contributed by atoms with Crippen molar-refractivity contribution < 1.29 is 5.11 Å².